The van der Waals surface area contributed by atoms with Crippen LogP contribution in [0.15, 0.2) is 0 Å². The lowest BCUT2D eigenvalue weighted by molar-refractivity contribution is -0.164. The van der Waals surface area contributed by atoms with Crippen molar-refractivity contribution in [3.05, 3.63) is 0 Å². The van der Waals surface area contributed by atoms with Gasteiger partial charge in [0.1, 0.15) is 0 Å². The van der Waals surface area contributed by atoms with Crippen LogP contribution in [0, 0.1) is 5.92 Å². The second-order valence-corrected chi connectivity index (χ2v) is 3.22. The smallest absolute Gasteiger partial charge is 0.316 e. The third-order valence-corrected chi connectivity index (χ3v) is 1.77. The van der Waals surface area contributed by atoms with Crippen molar-refractivity contribution in [2.45, 2.75) is 33.1 Å². The zero-order valence-corrected chi connectivity index (χ0v) is 9.24. The first-order valence-electron chi connectivity index (χ1n) is 4.82. The largest absolute Gasteiger partial charge is 0.469 e. The summed E-state index contributed by atoms with van der Waals surface area (Å²) in [5.74, 6) is -2.39. The summed E-state index contributed by atoms with van der Waals surface area (Å²) in [4.78, 5) is 33.0. The Bertz CT molecular complexity index is 246. The minimum atomic E-state index is -0.682. The van der Waals surface area contributed by atoms with Crippen LogP contribution >= 0.6 is 0 Å². The zero-order chi connectivity index (χ0) is 11.8. The van der Waals surface area contributed by atoms with E-state index in [0.29, 0.717) is 6.42 Å². The molecule has 0 amide bonds. The van der Waals surface area contributed by atoms with E-state index >= 15 is 0 Å². The van der Waals surface area contributed by atoms with E-state index in [0.717, 1.165) is 0 Å². The van der Waals surface area contributed by atoms with Crippen molar-refractivity contribution < 1.29 is 23.9 Å². The first-order chi connectivity index (χ1) is 7.01. The van der Waals surface area contributed by atoms with Crippen LogP contribution in [0.5, 0.6) is 0 Å². The number of carbonyl (C=O) groups excluding carboxylic acids is 3. The second-order valence-electron chi connectivity index (χ2n) is 3.22. The fraction of sp³-hybridized carbons (Fsp3) is 0.700. The quantitative estimate of drug-likeness (QED) is 0.507. The number of hydrogen-bond donors (Lipinski definition) is 0. The number of methoxy groups -OCH3 is 1. The first-order valence-corrected chi connectivity index (χ1v) is 4.82. The molecule has 0 saturated carbocycles. The molecule has 0 fully saturated rings. The fourth-order valence-corrected chi connectivity index (χ4v) is 0.885. The molecule has 0 rings (SSSR count). The molecule has 0 spiro atoms. The van der Waals surface area contributed by atoms with Crippen molar-refractivity contribution in [3.63, 3.8) is 0 Å². The van der Waals surface area contributed by atoms with Crippen LogP contribution in [-0.2, 0) is 23.9 Å². The Hall–Kier alpha value is -1.39. The molecule has 0 N–H and O–H groups in total. The fourth-order valence-electron chi connectivity index (χ4n) is 0.885. The van der Waals surface area contributed by atoms with Gasteiger partial charge in [0.15, 0.2) is 0 Å². The van der Waals surface area contributed by atoms with Crippen molar-refractivity contribution in [1.29, 1.82) is 0 Å². The molecular formula is C10H16O5. The molecule has 0 saturated heterocycles. The maximum Gasteiger partial charge on any atom is 0.316 e. The van der Waals surface area contributed by atoms with Crippen LogP contribution in [0.3, 0.4) is 0 Å². The van der Waals surface area contributed by atoms with Gasteiger partial charge in [0.05, 0.1) is 19.4 Å². The zero-order valence-electron chi connectivity index (χ0n) is 9.24. The average Bonchev–Trinajstić information content (AvgIpc) is 2.17. The Balaban J connectivity index is 3.99. The van der Waals surface area contributed by atoms with Crippen LogP contribution < -0.4 is 0 Å². The summed E-state index contributed by atoms with van der Waals surface area (Å²) in [6.07, 6.45) is 0.753. The maximum atomic E-state index is 11.2. The molecule has 0 heterocycles. The van der Waals surface area contributed by atoms with Crippen LogP contribution in [0.1, 0.15) is 33.1 Å². The van der Waals surface area contributed by atoms with Gasteiger partial charge >= 0.3 is 17.9 Å². The summed E-state index contributed by atoms with van der Waals surface area (Å²) < 4.78 is 8.90. The van der Waals surface area contributed by atoms with Gasteiger partial charge in [-0.25, -0.2) is 0 Å². The van der Waals surface area contributed by atoms with Gasteiger partial charge in [-0.2, -0.15) is 0 Å². The van der Waals surface area contributed by atoms with Gasteiger partial charge in [-0.05, 0) is 6.42 Å². The van der Waals surface area contributed by atoms with Crippen molar-refractivity contribution in [2.24, 2.45) is 5.92 Å². The normalized spacial score (nSPS) is 11.7. The van der Waals surface area contributed by atoms with E-state index in [1.54, 1.807) is 0 Å². The molecule has 15 heavy (non-hydrogen) atoms. The summed E-state index contributed by atoms with van der Waals surface area (Å²) in [7, 11) is 1.24. The van der Waals surface area contributed by atoms with E-state index in [1.165, 1.54) is 14.0 Å². The lowest BCUT2D eigenvalue weighted by atomic mass is 10.1. The van der Waals surface area contributed by atoms with Gasteiger partial charge in [0.2, 0.25) is 0 Å². The molecule has 1 unspecified atom stereocenters. The Labute approximate surface area is 88.7 Å². The van der Waals surface area contributed by atoms with Gasteiger partial charge in [-0.1, -0.05) is 13.8 Å². The van der Waals surface area contributed by atoms with Crippen LogP contribution in [-0.4, -0.2) is 25.0 Å². The molecule has 5 nitrogen and oxygen atoms in total. The van der Waals surface area contributed by atoms with E-state index in [4.69, 9.17) is 0 Å². The Morgan fingerprint density at radius 1 is 1.20 bits per heavy atom. The predicted octanol–water partition coefficient (Wildman–Crippen LogP) is 1.06. The van der Waals surface area contributed by atoms with Crippen LogP contribution in [0.2, 0.25) is 0 Å². The second kappa shape index (κ2) is 6.98. The highest BCUT2D eigenvalue weighted by molar-refractivity contribution is 5.88. The molecule has 0 bridgehead atoms. The molecule has 0 aromatic rings. The molecule has 0 radical (unpaired) electrons. The van der Waals surface area contributed by atoms with E-state index in [9.17, 15) is 14.4 Å². The highest BCUT2D eigenvalue weighted by Crippen LogP contribution is 2.06. The molecular weight excluding hydrogens is 200 g/mol. The van der Waals surface area contributed by atoms with E-state index in [1.807, 2.05) is 6.92 Å². The average molecular weight is 216 g/mol. The molecule has 0 aliphatic carbocycles. The van der Waals surface area contributed by atoms with E-state index in [2.05, 4.69) is 9.47 Å². The van der Waals surface area contributed by atoms with E-state index in [-0.39, 0.29) is 12.8 Å². The van der Waals surface area contributed by atoms with Crippen molar-refractivity contribution in [2.75, 3.05) is 7.11 Å². The monoisotopic (exact) mass is 216 g/mol. The van der Waals surface area contributed by atoms with Crippen LogP contribution in [0.25, 0.3) is 0 Å². The topological polar surface area (TPSA) is 69.7 Å². The molecule has 0 aliphatic rings. The van der Waals surface area contributed by atoms with Crippen molar-refractivity contribution >= 4 is 17.9 Å². The Morgan fingerprint density at radius 2 is 1.80 bits per heavy atom. The van der Waals surface area contributed by atoms with Gasteiger partial charge in [-0.15, -0.1) is 0 Å². The summed E-state index contributed by atoms with van der Waals surface area (Å²) >= 11 is 0. The predicted molar refractivity (Wildman–Crippen MR) is 51.8 cm³/mol. The summed E-state index contributed by atoms with van der Waals surface area (Å²) in [6, 6.07) is 0. The number of rotatable bonds is 5. The molecule has 86 valence electrons. The van der Waals surface area contributed by atoms with Crippen molar-refractivity contribution in [3.8, 4) is 0 Å². The molecule has 1 atom stereocenters. The minimum absolute atomic E-state index is 0.0747. The number of carbonyl (C=O) groups is 3. The molecule has 0 aromatic heterocycles. The minimum Gasteiger partial charge on any atom is -0.469 e. The summed E-state index contributed by atoms with van der Waals surface area (Å²) in [5.41, 5.74) is 0. The van der Waals surface area contributed by atoms with Crippen molar-refractivity contribution in [1.82, 2.24) is 0 Å². The number of esters is 3. The Kier molecular flexibility index (Phi) is 6.33. The summed E-state index contributed by atoms with van der Waals surface area (Å²) in [5, 5.41) is 0. The van der Waals surface area contributed by atoms with Gasteiger partial charge < -0.3 is 9.47 Å². The molecule has 0 aromatic carbocycles. The maximum absolute atomic E-state index is 11.2. The van der Waals surface area contributed by atoms with Gasteiger partial charge in [0.25, 0.3) is 0 Å². The summed E-state index contributed by atoms with van der Waals surface area (Å²) in [6.45, 7) is 3.32. The highest BCUT2D eigenvalue weighted by atomic mass is 16.6. The van der Waals surface area contributed by atoms with E-state index < -0.39 is 23.8 Å². The van der Waals surface area contributed by atoms with Crippen LogP contribution in [0.4, 0.5) is 0 Å². The number of hydrogen-bond acceptors (Lipinski definition) is 5. The van der Waals surface area contributed by atoms with Gasteiger partial charge in [-0.3, -0.25) is 14.4 Å². The molecule has 0 aliphatic heterocycles. The highest BCUT2D eigenvalue weighted by Gasteiger charge is 2.21. The Morgan fingerprint density at radius 3 is 2.27 bits per heavy atom. The lowest BCUT2D eigenvalue weighted by Gasteiger charge is -2.08. The third-order valence-electron chi connectivity index (χ3n) is 1.77. The standard InChI is InChI=1S/C10H16O5/c1-4-5-8(11)15-10(13)7(2)6-9(12)14-3/h7H,4-6H2,1-3H3. The SMILES string of the molecule is CCCC(=O)OC(=O)C(C)CC(=O)OC. The van der Waals surface area contributed by atoms with Gasteiger partial charge in [0, 0.05) is 6.42 Å². The molecule has 5 heteroatoms. The first kappa shape index (κ1) is 13.6. The number of ether oxygens (including phenoxy) is 2. The lowest BCUT2D eigenvalue weighted by Crippen LogP contribution is -2.21. The third kappa shape index (κ3) is 5.83.